The van der Waals surface area contributed by atoms with Crippen LogP contribution in [-0.4, -0.2) is 44.8 Å². The van der Waals surface area contributed by atoms with Crippen molar-refractivity contribution in [1.29, 1.82) is 0 Å². The van der Waals surface area contributed by atoms with E-state index in [0.29, 0.717) is 6.04 Å². The van der Waals surface area contributed by atoms with Gasteiger partial charge in [-0.25, -0.2) is 0 Å². The average Bonchev–Trinajstić information content (AvgIpc) is 2.43. The van der Waals surface area contributed by atoms with Crippen LogP contribution in [0, 0.1) is 0 Å². The van der Waals surface area contributed by atoms with E-state index in [1.807, 2.05) is 19.2 Å². The van der Waals surface area contributed by atoms with Crippen LogP contribution in [0.5, 0.6) is 0 Å². The van der Waals surface area contributed by atoms with Crippen LogP contribution in [0.3, 0.4) is 0 Å². The second-order valence-electron chi connectivity index (χ2n) is 5.42. The zero-order valence-electron chi connectivity index (χ0n) is 13.3. The Morgan fingerprint density at radius 3 is 2.57 bits per heavy atom. The van der Waals surface area contributed by atoms with E-state index in [4.69, 9.17) is 16.3 Å². The zero-order valence-corrected chi connectivity index (χ0v) is 15.7. The van der Waals surface area contributed by atoms with Gasteiger partial charge in [0.15, 0.2) is 0 Å². The SMILES string of the molecule is CNC(CCN(CCOC)C(C)C)c1ccc(Br)cc1Cl. The highest BCUT2D eigenvalue weighted by atomic mass is 79.9. The van der Waals surface area contributed by atoms with Crippen LogP contribution >= 0.6 is 27.5 Å². The molecule has 120 valence electrons. The van der Waals surface area contributed by atoms with Crippen LogP contribution < -0.4 is 5.32 Å². The Morgan fingerprint density at radius 1 is 1.33 bits per heavy atom. The van der Waals surface area contributed by atoms with Crippen molar-refractivity contribution >= 4 is 27.5 Å². The number of hydrogen-bond donors (Lipinski definition) is 1. The highest BCUT2D eigenvalue weighted by Gasteiger charge is 2.16. The summed E-state index contributed by atoms with van der Waals surface area (Å²) in [5, 5.41) is 4.17. The third-order valence-corrected chi connectivity index (χ3v) is 4.52. The van der Waals surface area contributed by atoms with Gasteiger partial charge in [0.05, 0.1) is 6.61 Å². The summed E-state index contributed by atoms with van der Waals surface area (Å²) in [5.41, 5.74) is 1.15. The van der Waals surface area contributed by atoms with Gasteiger partial charge in [0.25, 0.3) is 0 Å². The van der Waals surface area contributed by atoms with E-state index in [-0.39, 0.29) is 6.04 Å². The van der Waals surface area contributed by atoms with Crippen molar-refractivity contribution in [1.82, 2.24) is 10.2 Å². The molecule has 0 fully saturated rings. The first-order valence-corrected chi connectivity index (χ1v) is 8.51. The van der Waals surface area contributed by atoms with Crippen LogP contribution in [0.1, 0.15) is 31.9 Å². The average molecular weight is 378 g/mol. The van der Waals surface area contributed by atoms with Crippen molar-refractivity contribution in [3.05, 3.63) is 33.3 Å². The van der Waals surface area contributed by atoms with Crippen molar-refractivity contribution in [2.45, 2.75) is 32.4 Å². The lowest BCUT2D eigenvalue weighted by atomic mass is 10.0. The van der Waals surface area contributed by atoms with E-state index in [1.165, 1.54) is 0 Å². The van der Waals surface area contributed by atoms with Gasteiger partial charge in [-0.1, -0.05) is 33.6 Å². The molecule has 5 heteroatoms. The van der Waals surface area contributed by atoms with Gasteiger partial charge in [-0.05, 0) is 45.0 Å². The fourth-order valence-electron chi connectivity index (χ4n) is 2.37. The molecule has 0 saturated heterocycles. The first-order valence-electron chi connectivity index (χ1n) is 7.34. The topological polar surface area (TPSA) is 24.5 Å². The number of halogens is 2. The van der Waals surface area contributed by atoms with E-state index in [0.717, 1.165) is 41.2 Å². The van der Waals surface area contributed by atoms with E-state index < -0.39 is 0 Å². The number of hydrogen-bond acceptors (Lipinski definition) is 3. The van der Waals surface area contributed by atoms with E-state index in [1.54, 1.807) is 7.11 Å². The lowest BCUT2D eigenvalue weighted by Gasteiger charge is -2.28. The minimum absolute atomic E-state index is 0.259. The minimum atomic E-state index is 0.259. The second-order valence-corrected chi connectivity index (χ2v) is 6.74. The molecular weight excluding hydrogens is 352 g/mol. The van der Waals surface area contributed by atoms with Crippen LogP contribution in [0.15, 0.2) is 22.7 Å². The van der Waals surface area contributed by atoms with Crippen molar-refractivity contribution in [2.75, 3.05) is 33.9 Å². The molecule has 0 saturated carbocycles. The molecule has 1 N–H and O–H groups in total. The Hall–Kier alpha value is -0.130. The van der Waals surface area contributed by atoms with Crippen LogP contribution in [0.2, 0.25) is 5.02 Å². The van der Waals surface area contributed by atoms with Crippen molar-refractivity contribution < 1.29 is 4.74 Å². The molecule has 0 heterocycles. The predicted molar refractivity (Wildman–Crippen MR) is 94.2 cm³/mol. The molecule has 0 spiro atoms. The highest BCUT2D eigenvalue weighted by molar-refractivity contribution is 9.10. The first-order chi connectivity index (χ1) is 9.99. The monoisotopic (exact) mass is 376 g/mol. The van der Waals surface area contributed by atoms with Gasteiger partial charge in [0, 0.05) is 41.8 Å². The van der Waals surface area contributed by atoms with Gasteiger partial charge >= 0.3 is 0 Å². The predicted octanol–water partition coefficient (Wildman–Crippen LogP) is 4.11. The van der Waals surface area contributed by atoms with Crippen LogP contribution in [0.4, 0.5) is 0 Å². The molecule has 1 unspecified atom stereocenters. The number of nitrogens with zero attached hydrogens (tertiary/aromatic N) is 1. The summed E-state index contributed by atoms with van der Waals surface area (Å²) < 4.78 is 6.20. The summed E-state index contributed by atoms with van der Waals surface area (Å²) >= 11 is 9.81. The van der Waals surface area contributed by atoms with Gasteiger partial charge < -0.3 is 10.1 Å². The third-order valence-electron chi connectivity index (χ3n) is 3.70. The van der Waals surface area contributed by atoms with Gasteiger partial charge in [-0.3, -0.25) is 4.90 Å². The van der Waals surface area contributed by atoms with Gasteiger partial charge in [-0.2, -0.15) is 0 Å². The molecule has 1 aromatic rings. The molecule has 0 aliphatic heterocycles. The lowest BCUT2D eigenvalue weighted by Crippen LogP contribution is -2.36. The van der Waals surface area contributed by atoms with Gasteiger partial charge in [-0.15, -0.1) is 0 Å². The minimum Gasteiger partial charge on any atom is -0.383 e. The molecule has 1 rings (SSSR count). The molecule has 0 amide bonds. The molecule has 1 atom stereocenters. The number of nitrogens with one attached hydrogen (secondary N) is 1. The van der Waals surface area contributed by atoms with E-state index >= 15 is 0 Å². The van der Waals surface area contributed by atoms with Crippen LogP contribution in [-0.2, 0) is 4.74 Å². The zero-order chi connectivity index (χ0) is 15.8. The summed E-state index contributed by atoms with van der Waals surface area (Å²) in [5.74, 6) is 0. The smallest absolute Gasteiger partial charge is 0.0589 e. The molecule has 3 nitrogen and oxygen atoms in total. The fraction of sp³-hybridized carbons (Fsp3) is 0.625. The largest absolute Gasteiger partial charge is 0.383 e. The number of ether oxygens (including phenoxy) is 1. The van der Waals surface area contributed by atoms with E-state index in [9.17, 15) is 0 Å². The maximum atomic E-state index is 6.36. The third kappa shape index (κ3) is 6.25. The molecule has 0 radical (unpaired) electrons. The standard InChI is InChI=1S/C16H26BrClN2O/c1-12(2)20(9-10-21-4)8-7-16(19-3)14-6-5-13(17)11-15(14)18/h5-6,11-12,16,19H,7-10H2,1-4H3. The van der Waals surface area contributed by atoms with Gasteiger partial charge in [0.2, 0.25) is 0 Å². The molecule has 0 aliphatic rings. The first kappa shape index (κ1) is 18.9. The molecule has 21 heavy (non-hydrogen) atoms. The summed E-state index contributed by atoms with van der Waals surface area (Å²) in [6.07, 6.45) is 1.01. The summed E-state index contributed by atoms with van der Waals surface area (Å²) in [4.78, 5) is 2.43. The normalized spacial score (nSPS) is 13.1. The number of rotatable bonds is 9. The molecule has 0 aromatic heterocycles. The lowest BCUT2D eigenvalue weighted by molar-refractivity contribution is 0.126. The Labute approximate surface area is 142 Å². The summed E-state index contributed by atoms with van der Waals surface area (Å²) in [6, 6.07) is 6.85. The Balaban J connectivity index is 2.68. The maximum Gasteiger partial charge on any atom is 0.0589 e. The second kappa shape index (κ2) is 9.80. The van der Waals surface area contributed by atoms with E-state index in [2.05, 4.69) is 46.1 Å². The number of benzene rings is 1. The Kier molecular flexibility index (Phi) is 8.83. The van der Waals surface area contributed by atoms with Crippen molar-refractivity contribution in [3.63, 3.8) is 0 Å². The molecule has 0 aliphatic carbocycles. The molecule has 1 aromatic carbocycles. The van der Waals surface area contributed by atoms with Crippen LogP contribution in [0.25, 0.3) is 0 Å². The number of methoxy groups -OCH3 is 1. The summed E-state index contributed by atoms with van der Waals surface area (Å²) in [7, 11) is 3.73. The Bertz CT molecular complexity index is 429. The fourth-order valence-corrected chi connectivity index (χ4v) is 3.18. The molecule has 0 bridgehead atoms. The maximum absolute atomic E-state index is 6.36. The Morgan fingerprint density at radius 2 is 2.05 bits per heavy atom. The van der Waals surface area contributed by atoms with Crippen molar-refractivity contribution in [2.24, 2.45) is 0 Å². The van der Waals surface area contributed by atoms with Crippen molar-refractivity contribution in [3.8, 4) is 0 Å². The van der Waals surface area contributed by atoms with Gasteiger partial charge in [0.1, 0.15) is 0 Å². The molecular formula is C16H26BrClN2O. The quantitative estimate of drug-likeness (QED) is 0.701. The highest BCUT2D eigenvalue weighted by Crippen LogP contribution is 2.28. The summed E-state index contributed by atoms with van der Waals surface area (Å²) in [6.45, 7) is 7.17.